The highest BCUT2D eigenvalue weighted by Gasteiger charge is 2.37. The summed E-state index contributed by atoms with van der Waals surface area (Å²) in [5.41, 5.74) is 3.04. The smallest absolute Gasteiger partial charge is 0.338 e. The Morgan fingerprint density at radius 3 is 2.26 bits per heavy atom. The summed E-state index contributed by atoms with van der Waals surface area (Å²) in [4.78, 5) is 13.8. The molecule has 0 aliphatic carbocycles. The van der Waals surface area contributed by atoms with E-state index in [9.17, 15) is 4.79 Å². The second kappa shape index (κ2) is 8.36. The molecule has 1 N–H and O–H groups in total. The van der Waals surface area contributed by atoms with Crippen LogP contribution in [0.25, 0.3) is 21.5 Å². The van der Waals surface area contributed by atoms with Crippen molar-refractivity contribution in [2.75, 3.05) is 5.32 Å². The van der Waals surface area contributed by atoms with Gasteiger partial charge < -0.3 is 10.1 Å². The molecule has 7 heteroatoms. The summed E-state index contributed by atoms with van der Waals surface area (Å²) < 4.78 is 7.67. The van der Waals surface area contributed by atoms with Gasteiger partial charge in [0.2, 0.25) is 5.95 Å². The first-order chi connectivity index (χ1) is 17.1. The lowest BCUT2D eigenvalue weighted by atomic mass is 9.87. The molecule has 0 saturated heterocycles. The van der Waals surface area contributed by atoms with E-state index in [1.165, 1.54) is 0 Å². The topological polar surface area (TPSA) is 81.9 Å². The maximum Gasteiger partial charge on any atom is 0.338 e. The fraction of sp³-hybridized carbons (Fsp3) is 0.143. The number of carbonyl (C=O) groups is 1. The van der Waals surface area contributed by atoms with Crippen molar-refractivity contribution in [2.24, 2.45) is 0 Å². The number of allylic oxidation sites excluding steroid dienone is 1. The zero-order valence-corrected chi connectivity index (χ0v) is 19.3. The molecule has 2 atom stereocenters. The number of hydrogen-bond donors (Lipinski definition) is 1. The molecule has 6 rings (SSSR count). The van der Waals surface area contributed by atoms with E-state index in [0.29, 0.717) is 17.2 Å². The first-order valence-corrected chi connectivity index (χ1v) is 11.5. The van der Waals surface area contributed by atoms with Crippen LogP contribution in [0, 0.1) is 0 Å². The van der Waals surface area contributed by atoms with Crippen LogP contribution in [0.5, 0.6) is 0 Å². The van der Waals surface area contributed by atoms with Crippen molar-refractivity contribution >= 4 is 33.5 Å². The van der Waals surface area contributed by atoms with Crippen molar-refractivity contribution in [3.8, 4) is 0 Å². The van der Waals surface area contributed by atoms with Gasteiger partial charge >= 0.3 is 5.97 Å². The largest absolute Gasteiger partial charge is 0.454 e. The van der Waals surface area contributed by atoms with E-state index in [4.69, 9.17) is 4.74 Å². The van der Waals surface area contributed by atoms with Gasteiger partial charge in [0.05, 0.1) is 5.57 Å². The van der Waals surface area contributed by atoms with Crippen LogP contribution in [0.4, 0.5) is 5.95 Å². The predicted molar refractivity (Wildman–Crippen MR) is 135 cm³/mol. The van der Waals surface area contributed by atoms with Gasteiger partial charge in [0.1, 0.15) is 12.1 Å². The van der Waals surface area contributed by atoms with Gasteiger partial charge in [0, 0.05) is 5.70 Å². The van der Waals surface area contributed by atoms with Gasteiger partial charge in [-0.25, -0.2) is 4.79 Å². The average molecular weight is 462 g/mol. The van der Waals surface area contributed by atoms with Crippen molar-refractivity contribution < 1.29 is 9.53 Å². The van der Waals surface area contributed by atoms with Gasteiger partial charge in [-0.3, -0.25) is 0 Å². The van der Waals surface area contributed by atoms with E-state index >= 15 is 0 Å². The highest BCUT2D eigenvalue weighted by Crippen LogP contribution is 2.42. The normalized spacial score (nSPS) is 16.1. The van der Waals surface area contributed by atoms with Crippen molar-refractivity contribution in [2.45, 2.75) is 26.0 Å². The number of nitrogens with zero attached hydrogens (tertiary/aromatic N) is 4. The fourth-order valence-electron chi connectivity index (χ4n) is 4.90. The zero-order chi connectivity index (χ0) is 23.9. The number of anilines is 1. The summed E-state index contributed by atoms with van der Waals surface area (Å²) >= 11 is 0. The van der Waals surface area contributed by atoms with Crippen LogP contribution < -0.4 is 5.32 Å². The standard InChI is InChI=1S/C28H23N5O2/c1-17-24(27(34)35-18(2)19-10-4-3-5-11-19)26(33-28(29-17)30-31-32-33)25-22-14-8-6-12-20(22)16-21-13-7-9-15-23(21)25/h3-16,18,26H,1-2H3,(H,29,30,32). The van der Waals surface area contributed by atoms with Gasteiger partial charge in [0.15, 0.2) is 0 Å². The summed E-state index contributed by atoms with van der Waals surface area (Å²) in [5.74, 6) is 0.0756. The maximum atomic E-state index is 13.8. The maximum absolute atomic E-state index is 13.8. The van der Waals surface area contributed by atoms with Gasteiger partial charge in [0.25, 0.3) is 0 Å². The van der Waals surface area contributed by atoms with Crippen LogP contribution in [0.3, 0.4) is 0 Å². The van der Waals surface area contributed by atoms with E-state index in [1.807, 2.05) is 68.4 Å². The minimum atomic E-state index is -0.562. The fourth-order valence-corrected chi connectivity index (χ4v) is 4.90. The van der Waals surface area contributed by atoms with Gasteiger partial charge in [-0.1, -0.05) is 84.0 Å². The highest BCUT2D eigenvalue weighted by atomic mass is 16.5. The first kappa shape index (κ1) is 21.0. The third kappa shape index (κ3) is 3.52. The van der Waals surface area contributed by atoms with Crippen LogP contribution in [0.1, 0.15) is 37.1 Å². The molecule has 0 saturated carbocycles. The van der Waals surface area contributed by atoms with Crippen LogP contribution in [-0.2, 0) is 9.53 Å². The van der Waals surface area contributed by atoms with Gasteiger partial charge in [-0.15, -0.1) is 0 Å². The number of tetrazole rings is 1. The third-order valence-corrected chi connectivity index (χ3v) is 6.57. The number of nitrogens with one attached hydrogen (secondary N) is 1. The van der Waals surface area contributed by atoms with Crippen LogP contribution in [0.2, 0.25) is 0 Å². The quantitative estimate of drug-likeness (QED) is 0.278. The minimum Gasteiger partial charge on any atom is -0.454 e. The molecular formula is C28H23N5O2. The van der Waals surface area contributed by atoms with Crippen molar-refractivity contribution in [3.05, 3.63) is 107 Å². The average Bonchev–Trinajstić information content (AvgIpc) is 3.35. The van der Waals surface area contributed by atoms with E-state index in [2.05, 4.69) is 51.2 Å². The second-order valence-corrected chi connectivity index (χ2v) is 8.70. The van der Waals surface area contributed by atoms with E-state index in [-0.39, 0.29) is 0 Å². The Morgan fingerprint density at radius 1 is 0.943 bits per heavy atom. The lowest BCUT2D eigenvalue weighted by molar-refractivity contribution is -0.144. The minimum absolute atomic E-state index is 0.408. The molecule has 2 heterocycles. The lowest BCUT2D eigenvalue weighted by Crippen LogP contribution is -2.30. The number of esters is 1. The number of hydrogen-bond acceptors (Lipinski definition) is 6. The van der Waals surface area contributed by atoms with Crippen molar-refractivity contribution in [1.29, 1.82) is 0 Å². The molecule has 0 spiro atoms. The second-order valence-electron chi connectivity index (χ2n) is 8.70. The molecule has 0 bridgehead atoms. The van der Waals surface area contributed by atoms with Crippen LogP contribution in [0.15, 0.2) is 96.2 Å². The molecule has 1 aliphatic heterocycles. The molecule has 0 radical (unpaired) electrons. The molecule has 4 aromatic carbocycles. The third-order valence-electron chi connectivity index (χ3n) is 6.57. The van der Waals surface area contributed by atoms with Crippen LogP contribution in [-0.4, -0.2) is 26.2 Å². The summed E-state index contributed by atoms with van der Waals surface area (Å²) in [5, 5.41) is 19.8. The Bertz CT molecular complexity index is 1550. The summed E-state index contributed by atoms with van der Waals surface area (Å²) in [6.07, 6.45) is -0.413. The van der Waals surface area contributed by atoms with Crippen molar-refractivity contribution in [1.82, 2.24) is 20.2 Å². The Kier molecular flexibility index (Phi) is 5.03. The number of aromatic nitrogens is 4. The molecule has 0 amide bonds. The molecule has 1 aromatic heterocycles. The van der Waals surface area contributed by atoms with E-state index in [1.54, 1.807) is 4.68 Å². The number of rotatable bonds is 4. The molecule has 0 fully saturated rings. The highest BCUT2D eigenvalue weighted by molar-refractivity contribution is 6.05. The van der Waals surface area contributed by atoms with E-state index < -0.39 is 18.1 Å². The zero-order valence-electron chi connectivity index (χ0n) is 19.3. The summed E-state index contributed by atoms with van der Waals surface area (Å²) in [7, 11) is 0. The SMILES string of the molecule is CC1=C(C(=O)OC(C)c2ccccc2)C(c2c3ccccc3cc3ccccc23)n2nnnc2N1. The Morgan fingerprint density at radius 2 is 1.57 bits per heavy atom. The first-order valence-electron chi connectivity index (χ1n) is 11.5. The Labute approximate surface area is 202 Å². The van der Waals surface area contributed by atoms with Crippen molar-refractivity contribution in [3.63, 3.8) is 0 Å². The molecular weight excluding hydrogens is 438 g/mol. The molecule has 1 aliphatic rings. The lowest BCUT2D eigenvalue weighted by Gasteiger charge is -2.30. The molecule has 5 aromatic rings. The van der Waals surface area contributed by atoms with Gasteiger partial charge in [-0.2, -0.15) is 4.68 Å². The van der Waals surface area contributed by atoms with Crippen LogP contribution >= 0.6 is 0 Å². The Balaban J connectivity index is 1.56. The molecule has 172 valence electrons. The summed E-state index contributed by atoms with van der Waals surface area (Å²) in [6.45, 7) is 3.74. The Hall–Kier alpha value is -4.52. The number of fused-ring (bicyclic) bond motifs is 3. The van der Waals surface area contributed by atoms with E-state index in [0.717, 1.165) is 32.7 Å². The van der Waals surface area contributed by atoms with Gasteiger partial charge in [-0.05, 0) is 63.0 Å². The summed E-state index contributed by atoms with van der Waals surface area (Å²) in [6, 6.07) is 27.7. The molecule has 35 heavy (non-hydrogen) atoms. The molecule has 7 nitrogen and oxygen atoms in total. The number of carbonyl (C=O) groups excluding carboxylic acids is 1. The number of ether oxygens (including phenoxy) is 1. The molecule has 2 unspecified atom stereocenters. The monoisotopic (exact) mass is 461 g/mol. The predicted octanol–water partition coefficient (Wildman–Crippen LogP) is 5.57. The number of benzene rings is 4.